The van der Waals surface area contributed by atoms with E-state index in [0.29, 0.717) is 12.2 Å². The molecule has 0 radical (unpaired) electrons. The number of nitrogens with zero attached hydrogens (tertiary/aromatic N) is 2. The first-order valence-corrected chi connectivity index (χ1v) is 7.20. The van der Waals surface area contributed by atoms with Crippen LogP contribution in [0.15, 0.2) is 60.8 Å². The lowest BCUT2D eigenvalue weighted by Gasteiger charge is -2.37. The van der Waals surface area contributed by atoms with Gasteiger partial charge >= 0.3 is 0 Å². The van der Waals surface area contributed by atoms with E-state index in [9.17, 15) is 10.4 Å². The van der Waals surface area contributed by atoms with Gasteiger partial charge in [0.25, 0.3) is 0 Å². The van der Waals surface area contributed by atoms with Crippen LogP contribution < -0.4 is 5.06 Å². The van der Waals surface area contributed by atoms with Crippen LogP contribution in [0.25, 0.3) is 11.1 Å². The maximum Gasteiger partial charge on any atom is 0.0578 e. The summed E-state index contributed by atoms with van der Waals surface area (Å²) >= 11 is 0. The minimum absolute atomic E-state index is 0.283. The lowest BCUT2D eigenvalue weighted by atomic mass is 10.0. The van der Waals surface area contributed by atoms with E-state index in [4.69, 9.17) is 0 Å². The van der Waals surface area contributed by atoms with Crippen molar-refractivity contribution in [1.82, 2.24) is 5.06 Å². The number of hydrogen-bond donors (Lipinski definition) is 0. The van der Waals surface area contributed by atoms with Crippen LogP contribution in [0, 0.1) is 17.3 Å². The minimum atomic E-state index is -0.753. The van der Waals surface area contributed by atoms with Gasteiger partial charge in [-0.3, -0.25) is 0 Å². The van der Waals surface area contributed by atoms with E-state index >= 15 is 0 Å². The quantitative estimate of drug-likeness (QED) is 0.630. The van der Waals surface area contributed by atoms with Crippen LogP contribution >= 0.6 is 0 Å². The van der Waals surface area contributed by atoms with Crippen molar-refractivity contribution in [3.8, 4) is 11.1 Å². The molecule has 2 aromatic rings. The first-order valence-electron chi connectivity index (χ1n) is 7.20. The van der Waals surface area contributed by atoms with Gasteiger partial charge in [0, 0.05) is 17.9 Å². The summed E-state index contributed by atoms with van der Waals surface area (Å²) in [5.74, 6) is 0. The molecule has 0 aromatic heterocycles. The largest absolute Gasteiger partial charge is 0.784 e. The van der Waals surface area contributed by atoms with Crippen LogP contribution in [0.2, 0.25) is 0 Å². The standard InChI is InChI=1S/C18H18N2O2/c1-13-4-6-15(7-5-13)16-8-10-17(11-9-16)20(22)14(2)18(3)12-19(18)21/h4-11H,2,12H2,1,3H3/q-2/t18-,19?/m1/s1. The normalized spacial score (nSPS) is 23.2. The van der Waals surface area contributed by atoms with Crippen LogP contribution in [0.3, 0.4) is 0 Å². The first kappa shape index (κ1) is 14.8. The van der Waals surface area contributed by atoms with Crippen LogP contribution in [0.5, 0.6) is 0 Å². The third-order valence-electron chi connectivity index (χ3n) is 4.25. The molecule has 0 amide bonds. The fourth-order valence-electron chi connectivity index (χ4n) is 2.39. The third kappa shape index (κ3) is 2.52. The maximum absolute atomic E-state index is 12.3. The van der Waals surface area contributed by atoms with Gasteiger partial charge in [-0.1, -0.05) is 48.5 Å². The highest BCUT2D eigenvalue weighted by molar-refractivity contribution is 5.68. The van der Waals surface area contributed by atoms with Crippen molar-refractivity contribution in [2.45, 2.75) is 19.4 Å². The predicted molar refractivity (Wildman–Crippen MR) is 90.1 cm³/mol. The Hall–Kier alpha value is -2.14. The van der Waals surface area contributed by atoms with E-state index in [1.54, 1.807) is 19.1 Å². The zero-order valence-electron chi connectivity index (χ0n) is 12.7. The van der Waals surface area contributed by atoms with Crippen LogP contribution in [-0.4, -0.2) is 17.1 Å². The Balaban J connectivity index is 1.79. The number of anilines is 1. The van der Waals surface area contributed by atoms with Gasteiger partial charge < -0.3 is 20.5 Å². The number of rotatable bonds is 4. The van der Waals surface area contributed by atoms with E-state index in [2.05, 4.69) is 30.8 Å². The van der Waals surface area contributed by atoms with Gasteiger partial charge in [0.1, 0.15) is 0 Å². The highest BCUT2D eigenvalue weighted by atomic mass is 16.5. The minimum Gasteiger partial charge on any atom is -0.784 e. The summed E-state index contributed by atoms with van der Waals surface area (Å²) in [6.45, 7) is 7.88. The maximum atomic E-state index is 12.3. The van der Waals surface area contributed by atoms with Crippen molar-refractivity contribution < 1.29 is 0 Å². The molecule has 1 aliphatic heterocycles. The van der Waals surface area contributed by atoms with Crippen LogP contribution in [0.4, 0.5) is 5.69 Å². The average Bonchev–Trinajstić information content (AvgIpc) is 3.15. The molecule has 2 atom stereocenters. The molecule has 0 aliphatic carbocycles. The number of hydroxylamine groups is 3. The molecule has 3 rings (SSSR count). The summed E-state index contributed by atoms with van der Waals surface area (Å²) in [5, 5.41) is 25.3. The Morgan fingerprint density at radius 3 is 2.00 bits per heavy atom. The summed E-state index contributed by atoms with van der Waals surface area (Å²) in [5.41, 5.74) is 3.38. The molecule has 1 aliphatic rings. The van der Waals surface area contributed by atoms with Gasteiger partial charge in [-0.05, 0) is 37.1 Å². The second kappa shape index (κ2) is 5.25. The van der Waals surface area contributed by atoms with E-state index < -0.39 is 5.54 Å². The van der Waals surface area contributed by atoms with Gasteiger partial charge in [-0.15, -0.1) is 0 Å². The second-order valence-corrected chi connectivity index (χ2v) is 5.96. The summed E-state index contributed by atoms with van der Waals surface area (Å²) < 4.78 is 0. The van der Waals surface area contributed by atoms with E-state index in [1.807, 2.05) is 19.1 Å². The molecule has 1 fully saturated rings. The zero-order chi connectivity index (χ0) is 15.9. The van der Waals surface area contributed by atoms with E-state index in [-0.39, 0.29) is 5.70 Å². The monoisotopic (exact) mass is 294 g/mol. The Morgan fingerprint density at radius 1 is 1.09 bits per heavy atom. The molecule has 0 spiro atoms. The molecule has 114 valence electrons. The van der Waals surface area contributed by atoms with Crippen molar-refractivity contribution in [1.29, 1.82) is 0 Å². The van der Waals surface area contributed by atoms with Gasteiger partial charge in [0.05, 0.1) is 5.54 Å². The molecule has 4 heteroatoms. The van der Waals surface area contributed by atoms with Gasteiger partial charge in [0.15, 0.2) is 0 Å². The first-order chi connectivity index (χ1) is 10.4. The second-order valence-electron chi connectivity index (χ2n) is 5.96. The lowest BCUT2D eigenvalue weighted by Crippen LogP contribution is -2.26. The number of aryl methyl sites for hydroxylation is 1. The summed E-state index contributed by atoms with van der Waals surface area (Å²) in [4.78, 5) is 0. The van der Waals surface area contributed by atoms with Crippen molar-refractivity contribution in [3.05, 3.63) is 76.8 Å². The summed E-state index contributed by atoms with van der Waals surface area (Å²) in [7, 11) is 0. The molecular formula is C18H18N2O2-2. The fraction of sp³-hybridized carbons (Fsp3) is 0.222. The molecule has 0 N–H and O–H groups in total. The zero-order valence-corrected chi connectivity index (χ0v) is 12.7. The fourth-order valence-corrected chi connectivity index (χ4v) is 2.39. The Bertz CT molecular complexity index is 694. The number of benzene rings is 2. The molecule has 4 nitrogen and oxygen atoms in total. The van der Waals surface area contributed by atoms with Crippen molar-refractivity contribution in [2.75, 3.05) is 11.6 Å². The van der Waals surface area contributed by atoms with Crippen molar-refractivity contribution in [3.63, 3.8) is 0 Å². The highest BCUT2D eigenvalue weighted by Crippen LogP contribution is 2.39. The van der Waals surface area contributed by atoms with E-state index in [1.165, 1.54) is 5.56 Å². The van der Waals surface area contributed by atoms with Crippen molar-refractivity contribution in [2.24, 2.45) is 0 Å². The third-order valence-corrected chi connectivity index (χ3v) is 4.25. The van der Waals surface area contributed by atoms with Gasteiger partial charge in [0.2, 0.25) is 0 Å². The van der Waals surface area contributed by atoms with E-state index in [0.717, 1.165) is 21.3 Å². The Labute approximate surface area is 130 Å². The van der Waals surface area contributed by atoms with Gasteiger partial charge in [-0.2, -0.15) is 0 Å². The Kier molecular flexibility index (Phi) is 3.53. The SMILES string of the molecule is C=C(N([O-])c1ccc(-c2ccc(C)cc2)cc1)[C@@]1(C)CN1[O-]. The Morgan fingerprint density at radius 2 is 1.55 bits per heavy atom. The van der Waals surface area contributed by atoms with Crippen molar-refractivity contribution >= 4 is 5.69 Å². The summed E-state index contributed by atoms with van der Waals surface area (Å²) in [6.07, 6.45) is 0. The lowest BCUT2D eigenvalue weighted by molar-refractivity contribution is 0.591. The molecule has 1 unspecified atom stereocenters. The molecular weight excluding hydrogens is 276 g/mol. The molecule has 2 aromatic carbocycles. The molecule has 22 heavy (non-hydrogen) atoms. The average molecular weight is 294 g/mol. The van der Waals surface area contributed by atoms with Crippen LogP contribution in [-0.2, 0) is 0 Å². The van der Waals surface area contributed by atoms with Gasteiger partial charge in [-0.25, -0.2) is 0 Å². The molecule has 1 heterocycles. The highest BCUT2D eigenvalue weighted by Gasteiger charge is 2.43. The van der Waals surface area contributed by atoms with Crippen LogP contribution in [0.1, 0.15) is 12.5 Å². The smallest absolute Gasteiger partial charge is 0.0578 e. The molecule has 0 bridgehead atoms. The molecule has 1 saturated heterocycles. The topological polar surface area (TPSA) is 52.4 Å². The molecule has 0 saturated carbocycles. The number of hydrogen-bond acceptors (Lipinski definition) is 4. The summed E-state index contributed by atoms with van der Waals surface area (Å²) in [6, 6.07) is 15.5. The predicted octanol–water partition coefficient (Wildman–Crippen LogP) is 4.05.